The van der Waals surface area contributed by atoms with Gasteiger partial charge >= 0.3 is 0 Å². The maximum absolute atomic E-state index is 12.4. The summed E-state index contributed by atoms with van der Waals surface area (Å²) >= 11 is 1.35. The highest BCUT2D eigenvalue weighted by Crippen LogP contribution is 2.39. The van der Waals surface area contributed by atoms with Crippen LogP contribution < -0.4 is 9.47 Å². The van der Waals surface area contributed by atoms with Gasteiger partial charge in [0, 0.05) is 17.4 Å². The van der Waals surface area contributed by atoms with Crippen molar-refractivity contribution in [2.75, 3.05) is 25.2 Å². The molecule has 0 aromatic heterocycles. The van der Waals surface area contributed by atoms with Crippen LogP contribution in [0.5, 0.6) is 11.5 Å². The number of rotatable bonds is 6. The smallest absolute Gasteiger partial charge is 0.285 e. The maximum atomic E-state index is 12.4. The van der Waals surface area contributed by atoms with Crippen LogP contribution >= 0.6 is 11.8 Å². The molecule has 0 aliphatic carbocycles. The van der Waals surface area contributed by atoms with E-state index in [2.05, 4.69) is 4.99 Å². The molecule has 2 saturated heterocycles. The molecule has 2 aromatic rings. The van der Waals surface area contributed by atoms with Crippen molar-refractivity contribution in [1.82, 2.24) is 4.90 Å². The number of fused-ring (bicyclic) bond motifs is 1. The SMILES string of the molecule is COc1ccccc1CN1C(=NC(=O)COc2ccccc2)S[C@@H]2CS(=O)(=O)C[C@H]21. The van der Waals surface area contributed by atoms with E-state index in [1.165, 1.54) is 11.8 Å². The van der Waals surface area contributed by atoms with Gasteiger partial charge in [-0.2, -0.15) is 4.99 Å². The van der Waals surface area contributed by atoms with Gasteiger partial charge in [0.1, 0.15) is 11.5 Å². The van der Waals surface area contributed by atoms with Gasteiger partial charge in [0.25, 0.3) is 5.91 Å². The number of hydrogen-bond donors (Lipinski definition) is 0. The molecule has 2 atom stereocenters. The second-order valence-corrected chi connectivity index (χ2v) is 10.5. The number of ether oxygens (including phenoxy) is 2. The van der Waals surface area contributed by atoms with Crippen molar-refractivity contribution in [3.05, 3.63) is 60.2 Å². The summed E-state index contributed by atoms with van der Waals surface area (Å²) in [4.78, 5) is 18.6. The van der Waals surface area contributed by atoms with Crippen LogP contribution in [0.3, 0.4) is 0 Å². The molecular formula is C21H22N2O5S2. The van der Waals surface area contributed by atoms with Crippen LogP contribution in [-0.2, 0) is 21.2 Å². The van der Waals surface area contributed by atoms with Gasteiger partial charge in [-0.1, -0.05) is 48.2 Å². The Bertz CT molecular complexity index is 1060. The minimum atomic E-state index is -3.10. The second kappa shape index (κ2) is 8.69. The first-order valence-electron chi connectivity index (χ1n) is 9.50. The summed E-state index contributed by atoms with van der Waals surface area (Å²) in [5.74, 6) is 1.06. The van der Waals surface area contributed by atoms with Gasteiger partial charge in [-0.15, -0.1) is 0 Å². The monoisotopic (exact) mass is 446 g/mol. The fraction of sp³-hybridized carbons (Fsp3) is 0.333. The molecule has 7 nitrogen and oxygen atoms in total. The Kier molecular flexibility index (Phi) is 6.01. The van der Waals surface area contributed by atoms with Crippen LogP contribution in [-0.4, -0.2) is 60.9 Å². The molecule has 0 unspecified atom stereocenters. The molecule has 0 bridgehead atoms. The van der Waals surface area contributed by atoms with Crippen molar-refractivity contribution in [3.63, 3.8) is 0 Å². The van der Waals surface area contributed by atoms with Crippen molar-refractivity contribution in [1.29, 1.82) is 0 Å². The third-order valence-corrected chi connectivity index (χ3v) is 8.28. The molecule has 0 spiro atoms. The third kappa shape index (κ3) is 4.62. The van der Waals surface area contributed by atoms with E-state index in [1.807, 2.05) is 47.4 Å². The number of hydrogen-bond acceptors (Lipinski definition) is 6. The Balaban J connectivity index is 1.54. The van der Waals surface area contributed by atoms with Crippen molar-refractivity contribution >= 4 is 32.7 Å². The summed E-state index contributed by atoms with van der Waals surface area (Å²) in [7, 11) is -1.51. The molecule has 158 valence electrons. The van der Waals surface area contributed by atoms with Crippen LogP contribution in [0.15, 0.2) is 59.6 Å². The van der Waals surface area contributed by atoms with E-state index in [1.54, 1.807) is 19.2 Å². The predicted molar refractivity (Wildman–Crippen MR) is 117 cm³/mol. The molecular weight excluding hydrogens is 424 g/mol. The highest BCUT2D eigenvalue weighted by molar-refractivity contribution is 8.15. The zero-order valence-electron chi connectivity index (χ0n) is 16.4. The minimum absolute atomic E-state index is 0.0630. The molecule has 0 N–H and O–H groups in total. The summed E-state index contributed by atoms with van der Waals surface area (Å²) in [5.41, 5.74) is 0.909. The molecule has 2 aliphatic rings. The van der Waals surface area contributed by atoms with Crippen LogP contribution in [0.25, 0.3) is 0 Å². The van der Waals surface area contributed by atoms with Crippen LogP contribution in [0.2, 0.25) is 0 Å². The molecule has 2 aromatic carbocycles. The van der Waals surface area contributed by atoms with E-state index in [-0.39, 0.29) is 29.4 Å². The van der Waals surface area contributed by atoms with E-state index in [0.717, 1.165) is 5.56 Å². The summed E-state index contributed by atoms with van der Waals surface area (Å²) < 4.78 is 35.3. The number of amidine groups is 1. The molecule has 4 rings (SSSR count). The van der Waals surface area contributed by atoms with Crippen LogP contribution in [0.4, 0.5) is 0 Å². The fourth-order valence-corrected chi connectivity index (χ4v) is 7.61. The Morgan fingerprint density at radius 3 is 2.63 bits per heavy atom. The van der Waals surface area contributed by atoms with Crippen LogP contribution in [0.1, 0.15) is 5.56 Å². The minimum Gasteiger partial charge on any atom is -0.496 e. The molecule has 2 aliphatic heterocycles. The van der Waals surface area contributed by atoms with Gasteiger partial charge in [-0.3, -0.25) is 4.79 Å². The van der Waals surface area contributed by atoms with Gasteiger partial charge in [-0.25, -0.2) is 8.42 Å². The Morgan fingerprint density at radius 2 is 1.87 bits per heavy atom. The van der Waals surface area contributed by atoms with Crippen molar-refractivity contribution in [3.8, 4) is 11.5 Å². The van der Waals surface area contributed by atoms with Crippen molar-refractivity contribution in [2.45, 2.75) is 17.8 Å². The van der Waals surface area contributed by atoms with E-state index in [0.29, 0.717) is 23.2 Å². The maximum Gasteiger partial charge on any atom is 0.285 e. The molecule has 2 heterocycles. The number of amides is 1. The van der Waals surface area contributed by atoms with E-state index in [4.69, 9.17) is 9.47 Å². The van der Waals surface area contributed by atoms with E-state index < -0.39 is 15.7 Å². The Hall–Kier alpha value is -2.52. The Labute approximate surface area is 180 Å². The number of para-hydroxylation sites is 2. The summed E-state index contributed by atoms with van der Waals surface area (Å²) in [6.07, 6.45) is 0. The molecule has 2 fully saturated rings. The highest BCUT2D eigenvalue weighted by Gasteiger charge is 2.48. The first-order valence-corrected chi connectivity index (χ1v) is 12.2. The molecule has 9 heteroatoms. The summed E-state index contributed by atoms with van der Waals surface area (Å²) in [5, 5.41) is 0.402. The fourth-order valence-electron chi connectivity index (χ4n) is 3.64. The quantitative estimate of drug-likeness (QED) is 0.673. The topological polar surface area (TPSA) is 85.3 Å². The number of methoxy groups -OCH3 is 1. The van der Waals surface area contributed by atoms with E-state index in [9.17, 15) is 13.2 Å². The van der Waals surface area contributed by atoms with Gasteiger partial charge in [0.15, 0.2) is 21.6 Å². The number of benzene rings is 2. The zero-order valence-corrected chi connectivity index (χ0v) is 18.1. The van der Waals surface area contributed by atoms with Crippen molar-refractivity contribution in [2.24, 2.45) is 4.99 Å². The number of sulfone groups is 1. The molecule has 30 heavy (non-hydrogen) atoms. The number of aliphatic imine (C=N–C) groups is 1. The number of thioether (sulfide) groups is 1. The van der Waals surface area contributed by atoms with Gasteiger partial charge in [0.2, 0.25) is 0 Å². The zero-order chi connectivity index (χ0) is 21.1. The summed E-state index contributed by atoms with van der Waals surface area (Å²) in [6.45, 7) is 0.240. The second-order valence-electron chi connectivity index (χ2n) is 7.13. The average molecular weight is 447 g/mol. The lowest BCUT2D eigenvalue weighted by atomic mass is 10.1. The average Bonchev–Trinajstić information content (AvgIpc) is 3.19. The standard InChI is InChI=1S/C21H22N2O5S2/c1-27-18-10-6-5-7-15(18)11-23-17-13-30(25,26)14-19(17)29-21(23)22-20(24)12-28-16-8-3-2-4-9-16/h2-10,17,19H,11-14H2,1H3/t17-,19-/m1/s1. The van der Waals surface area contributed by atoms with Gasteiger partial charge in [0.05, 0.1) is 24.7 Å². The number of carbonyl (C=O) groups excluding carboxylic acids is 1. The third-order valence-electron chi connectivity index (χ3n) is 5.03. The van der Waals surface area contributed by atoms with E-state index >= 15 is 0 Å². The molecule has 0 saturated carbocycles. The molecule has 1 amide bonds. The Morgan fingerprint density at radius 1 is 1.13 bits per heavy atom. The van der Waals surface area contributed by atoms with Gasteiger partial charge in [-0.05, 0) is 18.2 Å². The lowest BCUT2D eigenvalue weighted by molar-refractivity contribution is -0.119. The largest absolute Gasteiger partial charge is 0.496 e. The molecule has 0 radical (unpaired) electrons. The summed E-state index contributed by atoms with van der Waals surface area (Å²) in [6, 6.07) is 16.4. The normalized spacial score (nSPS) is 23.4. The first-order chi connectivity index (χ1) is 14.4. The number of carbonyl (C=O) groups is 1. The lowest BCUT2D eigenvalue weighted by Gasteiger charge is -2.25. The van der Waals surface area contributed by atoms with Crippen molar-refractivity contribution < 1.29 is 22.7 Å². The van der Waals surface area contributed by atoms with Gasteiger partial charge < -0.3 is 14.4 Å². The van der Waals surface area contributed by atoms with Crippen LogP contribution in [0, 0.1) is 0 Å². The highest BCUT2D eigenvalue weighted by atomic mass is 32.2. The number of nitrogens with zero attached hydrogens (tertiary/aromatic N) is 2. The predicted octanol–water partition coefficient (Wildman–Crippen LogP) is 2.37. The first kappa shape index (κ1) is 20.7. The lowest BCUT2D eigenvalue weighted by Crippen LogP contribution is -2.37.